The second-order valence-electron chi connectivity index (χ2n) is 9.05. The maximum atomic E-state index is 12.1. The lowest BCUT2D eigenvalue weighted by atomic mass is 9.96. The first kappa shape index (κ1) is 24.4. The van der Waals surface area contributed by atoms with Crippen LogP contribution in [0.3, 0.4) is 0 Å². The average Bonchev–Trinajstić information content (AvgIpc) is 2.87. The third-order valence-corrected chi connectivity index (χ3v) is 6.73. The SMILES string of the molecule is CCC(=O)Nc1ccc(C)c([N+]2(NC(N)=O)CCN(C(c3ccccc3)c3ccccc3)CC2)c1. The molecule has 0 aliphatic carbocycles. The van der Waals surface area contributed by atoms with Crippen LogP contribution in [0.4, 0.5) is 16.2 Å². The Kier molecular flexibility index (Phi) is 7.48. The van der Waals surface area contributed by atoms with Crippen LogP contribution in [0.5, 0.6) is 0 Å². The first-order valence-corrected chi connectivity index (χ1v) is 12.1. The van der Waals surface area contributed by atoms with Crippen LogP contribution in [0.15, 0.2) is 78.9 Å². The fourth-order valence-corrected chi connectivity index (χ4v) is 4.99. The lowest BCUT2D eigenvalue weighted by molar-refractivity contribution is -0.115. The predicted octanol–water partition coefficient (Wildman–Crippen LogP) is 4.34. The molecule has 0 bridgehead atoms. The summed E-state index contributed by atoms with van der Waals surface area (Å²) in [6.45, 7) is 6.63. The molecule has 1 aliphatic heterocycles. The maximum Gasteiger partial charge on any atom is 0.356 e. The molecular weight excluding hydrogens is 438 g/mol. The summed E-state index contributed by atoms with van der Waals surface area (Å²) in [4.78, 5) is 26.6. The smallest absolute Gasteiger partial charge is 0.348 e. The Morgan fingerprint density at radius 3 is 2.03 bits per heavy atom. The second kappa shape index (κ2) is 10.7. The zero-order valence-corrected chi connectivity index (χ0v) is 20.4. The lowest BCUT2D eigenvalue weighted by Gasteiger charge is -2.45. The van der Waals surface area contributed by atoms with Gasteiger partial charge in [-0.2, -0.15) is 10.0 Å². The number of nitrogens with one attached hydrogen (secondary N) is 2. The van der Waals surface area contributed by atoms with Crippen molar-refractivity contribution >= 4 is 23.3 Å². The summed E-state index contributed by atoms with van der Waals surface area (Å²) < 4.78 is 0.240. The molecule has 0 radical (unpaired) electrons. The Morgan fingerprint density at radius 1 is 0.943 bits per heavy atom. The number of amides is 3. The number of nitrogens with zero attached hydrogens (tertiary/aromatic N) is 2. The molecule has 1 aliphatic rings. The fourth-order valence-electron chi connectivity index (χ4n) is 4.99. The van der Waals surface area contributed by atoms with Crippen molar-refractivity contribution in [3.63, 3.8) is 0 Å². The Hall–Kier alpha value is -3.68. The Balaban J connectivity index is 1.65. The number of hydrogen-bond donors (Lipinski definition) is 3. The van der Waals surface area contributed by atoms with Gasteiger partial charge in [-0.25, -0.2) is 4.79 Å². The van der Waals surface area contributed by atoms with Gasteiger partial charge in [0.1, 0.15) is 13.1 Å². The van der Waals surface area contributed by atoms with E-state index in [9.17, 15) is 9.59 Å². The van der Waals surface area contributed by atoms with Crippen molar-refractivity contribution < 1.29 is 9.59 Å². The zero-order chi connectivity index (χ0) is 24.8. The van der Waals surface area contributed by atoms with E-state index in [-0.39, 0.29) is 16.5 Å². The van der Waals surface area contributed by atoms with E-state index in [1.54, 1.807) is 0 Å². The molecule has 3 amide bonds. The Morgan fingerprint density at radius 2 is 1.51 bits per heavy atom. The van der Waals surface area contributed by atoms with Crippen molar-refractivity contribution in [2.45, 2.75) is 26.3 Å². The molecular formula is C28H34N5O2+. The highest BCUT2D eigenvalue weighted by Crippen LogP contribution is 2.34. The van der Waals surface area contributed by atoms with Gasteiger partial charge < -0.3 is 11.1 Å². The second-order valence-corrected chi connectivity index (χ2v) is 9.05. The van der Waals surface area contributed by atoms with Crippen molar-refractivity contribution in [3.05, 3.63) is 95.6 Å². The summed E-state index contributed by atoms with van der Waals surface area (Å²) in [5.41, 5.74) is 13.9. The number of urea groups is 1. The molecule has 0 saturated carbocycles. The van der Waals surface area contributed by atoms with Gasteiger partial charge in [0.25, 0.3) is 0 Å². The van der Waals surface area contributed by atoms with E-state index < -0.39 is 6.03 Å². The van der Waals surface area contributed by atoms with Gasteiger partial charge in [-0.3, -0.25) is 9.69 Å². The topological polar surface area (TPSA) is 87.5 Å². The van der Waals surface area contributed by atoms with Crippen LogP contribution in [0, 0.1) is 6.92 Å². The first-order chi connectivity index (χ1) is 16.9. The summed E-state index contributed by atoms with van der Waals surface area (Å²) in [6.07, 6.45) is 0.401. The van der Waals surface area contributed by atoms with Crippen molar-refractivity contribution in [3.8, 4) is 0 Å². The number of benzene rings is 3. The third-order valence-electron chi connectivity index (χ3n) is 6.73. The molecule has 182 valence electrons. The van der Waals surface area contributed by atoms with Gasteiger partial charge >= 0.3 is 6.03 Å². The molecule has 4 N–H and O–H groups in total. The van der Waals surface area contributed by atoms with Crippen molar-refractivity contribution in [2.24, 2.45) is 5.73 Å². The van der Waals surface area contributed by atoms with E-state index in [1.165, 1.54) is 11.1 Å². The minimum atomic E-state index is -0.566. The molecule has 1 fully saturated rings. The molecule has 0 unspecified atom stereocenters. The quantitative estimate of drug-likeness (QED) is 0.447. The number of aryl methyl sites for hydroxylation is 1. The van der Waals surface area contributed by atoms with Gasteiger partial charge in [0, 0.05) is 23.7 Å². The molecule has 3 aromatic carbocycles. The molecule has 4 rings (SSSR count). The fraction of sp³-hybridized carbons (Fsp3) is 0.286. The molecule has 35 heavy (non-hydrogen) atoms. The number of primary amides is 1. The van der Waals surface area contributed by atoms with Crippen LogP contribution >= 0.6 is 0 Å². The molecule has 0 spiro atoms. The van der Waals surface area contributed by atoms with E-state index in [1.807, 2.05) is 44.2 Å². The molecule has 0 atom stereocenters. The van der Waals surface area contributed by atoms with Crippen molar-refractivity contribution in [2.75, 3.05) is 31.5 Å². The highest BCUT2D eigenvalue weighted by atomic mass is 16.2. The van der Waals surface area contributed by atoms with E-state index >= 15 is 0 Å². The zero-order valence-electron chi connectivity index (χ0n) is 20.4. The van der Waals surface area contributed by atoms with E-state index in [4.69, 9.17) is 5.73 Å². The lowest BCUT2D eigenvalue weighted by Crippen LogP contribution is -2.70. The summed E-state index contributed by atoms with van der Waals surface area (Å²) in [6, 6.07) is 26.4. The van der Waals surface area contributed by atoms with Gasteiger partial charge in [0.05, 0.1) is 19.1 Å². The van der Waals surface area contributed by atoms with Gasteiger partial charge in [0.2, 0.25) is 5.91 Å². The van der Waals surface area contributed by atoms with Crippen LogP contribution in [-0.2, 0) is 4.79 Å². The number of nitrogens with two attached hydrogens (primary N) is 1. The number of hydrogen-bond acceptors (Lipinski definition) is 3. The van der Waals surface area contributed by atoms with Gasteiger partial charge in [-0.05, 0) is 24.1 Å². The summed E-state index contributed by atoms with van der Waals surface area (Å²) in [5, 5.41) is 2.94. The highest BCUT2D eigenvalue weighted by Gasteiger charge is 2.40. The standard InChI is InChI=1S/C28H33N5O2/c1-3-26(34)30-24-15-14-21(2)25(20-24)33(31-28(29)35)18-16-32(17-19-33)27(22-10-6-4-7-11-22)23-12-8-5-9-13-23/h4-15,20,27H,3,16-19H2,1-2H3,(H3-,29,30,31,34,35)/p+1. The Bertz CT molecular complexity index is 1120. The molecule has 3 aromatic rings. The summed E-state index contributed by atoms with van der Waals surface area (Å²) >= 11 is 0. The van der Waals surface area contributed by atoms with E-state index in [0.717, 1.165) is 30.0 Å². The minimum absolute atomic E-state index is 0.0485. The predicted molar refractivity (Wildman–Crippen MR) is 141 cm³/mol. The first-order valence-electron chi connectivity index (χ1n) is 12.1. The van der Waals surface area contributed by atoms with Crippen LogP contribution in [0.2, 0.25) is 0 Å². The van der Waals surface area contributed by atoms with Gasteiger partial charge in [-0.1, -0.05) is 73.7 Å². The number of carbonyl (C=O) groups excluding carboxylic acids is 2. The van der Waals surface area contributed by atoms with Crippen molar-refractivity contribution in [1.29, 1.82) is 0 Å². The summed E-state index contributed by atoms with van der Waals surface area (Å²) in [7, 11) is 0. The van der Waals surface area contributed by atoms with E-state index in [0.29, 0.717) is 19.5 Å². The molecule has 1 heterocycles. The number of anilines is 1. The monoisotopic (exact) mass is 472 g/mol. The normalized spacial score (nSPS) is 15.5. The molecule has 1 saturated heterocycles. The maximum absolute atomic E-state index is 12.1. The van der Waals surface area contributed by atoms with Crippen LogP contribution < -0.4 is 21.1 Å². The summed E-state index contributed by atoms with van der Waals surface area (Å²) in [5.74, 6) is -0.0485. The largest absolute Gasteiger partial charge is 0.356 e. The van der Waals surface area contributed by atoms with Crippen LogP contribution in [0.1, 0.15) is 36.1 Å². The van der Waals surface area contributed by atoms with Crippen molar-refractivity contribution in [1.82, 2.24) is 14.9 Å². The molecule has 7 heteroatoms. The van der Waals surface area contributed by atoms with Gasteiger partial charge in [-0.15, -0.1) is 0 Å². The van der Waals surface area contributed by atoms with Gasteiger partial charge in [0.15, 0.2) is 5.69 Å². The number of carbonyl (C=O) groups is 2. The van der Waals surface area contributed by atoms with Crippen LogP contribution in [-0.4, -0.2) is 43.0 Å². The average molecular weight is 473 g/mol. The third kappa shape index (κ3) is 5.53. The number of quaternary nitrogens is 1. The van der Waals surface area contributed by atoms with Crippen LogP contribution in [0.25, 0.3) is 0 Å². The molecule has 0 aromatic heterocycles. The highest BCUT2D eigenvalue weighted by molar-refractivity contribution is 5.91. The van der Waals surface area contributed by atoms with E-state index in [2.05, 4.69) is 64.2 Å². The number of piperazine rings is 1. The molecule has 7 nitrogen and oxygen atoms in total. The number of rotatable bonds is 7. The minimum Gasteiger partial charge on any atom is -0.348 e. The Labute approximate surface area is 207 Å².